The second-order valence-electron chi connectivity index (χ2n) is 8.88. The molecule has 2 fully saturated rings. The highest BCUT2D eigenvalue weighted by atomic mass is 79.9. The summed E-state index contributed by atoms with van der Waals surface area (Å²) in [5.74, 6) is 0.978. The number of allylic oxidation sites excluding steroid dienone is 3. The predicted molar refractivity (Wildman–Crippen MR) is 113 cm³/mol. The van der Waals surface area contributed by atoms with Gasteiger partial charge in [0.1, 0.15) is 0 Å². The van der Waals surface area contributed by atoms with E-state index >= 15 is 0 Å². The van der Waals surface area contributed by atoms with Gasteiger partial charge in [0, 0.05) is 22.5 Å². The Morgan fingerprint density at radius 1 is 1.15 bits per heavy atom. The predicted octanol–water partition coefficient (Wildman–Crippen LogP) is 5.96. The minimum atomic E-state index is 0.271. The molecule has 2 heteroatoms. The molecule has 1 saturated carbocycles. The Balaban J connectivity index is 1.68. The van der Waals surface area contributed by atoms with Gasteiger partial charge in [-0.15, -0.1) is 0 Å². The van der Waals surface area contributed by atoms with E-state index < -0.39 is 0 Å². The second kappa shape index (κ2) is 6.34. The van der Waals surface area contributed by atoms with E-state index in [-0.39, 0.29) is 5.41 Å². The molecule has 0 N–H and O–H groups in total. The van der Waals surface area contributed by atoms with Crippen LogP contribution in [0.1, 0.15) is 62.6 Å². The van der Waals surface area contributed by atoms with E-state index in [1.807, 2.05) is 0 Å². The molecule has 0 aromatic heterocycles. The van der Waals surface area contributed by atoms with Gasteiger partial charge in [-0.25, -0.2) is 0 Å². The smallest absolute Gasteiger partial charge is 0.0360 e. The zero-order valence-electron chi connectivity index (χ0n) is 16.2. The van der Waals surface area contributed by atoms with Crippen molar-refractivity contribution in [1.82, 2.24) is 4.90 Å². The second-order valence-corrected chi connectivity index (χ2v) is 9.74. The summed E-state index contributed by atoms with van der Waals surface area (Å²) in [7, 11) is 0. The van der Waals surface area contributed by atoms with E-state index in [1.54, 1.807) is 27.8 Å². The van der Waals surface area contributed by atoms with Crippen molar-refractivity contribution >= 4 is 15.9 Å². The van der Waals surface area contributed by atoms with E-state index in [0.717, 1.165) is 12.3 Å². The maximum Gasteiger partial charge on any atom is 0.0360 e. The lowest BCUT2D eigenvalue weighted by atomic mass is 9.55. The molecule has 1 nitrogen and oxygen atoms in total. The van der Waals surface area contributed by atoms with Crippen molar-refractivity contribution in [2.45, 2.75) is 70.3 Å². The van der Waals surface area contributed by atoms with Gasteiger partial charge in [-0.1, -0.05) is 53.6 Å². The van der Waals surface area contributed by atoms with Crippen LogP contribution in [0.4, 0.5) is 0 Å². The maximum atomic E-state index is 3.88. The summed E-state index contributed by atoms with van der Waals surface area (Å²) in [6, 6.07) is 5.37. The minimum absolute atomic E-state index is 0.271. The van der Waals surface area contributed by atoms with E-state index in [1.165, 1.54) is 56.1 Å². The van der Waals surface area contributed by atoms with E-state index in [4.69, 9.17) is 0 Å². The number of rotatable bonds is 4. The summed E-state index contributed by atoms with van der Waals surface area (Å²) in [5.41, 5.74) is 8.54. The molecule has 3 aliphatic carbocycles. The third kappa shape index (κ3) is 2.52. The molecule has 1 heterocycles. The number of hydrogen-bond acceptors (Lipinski definition) is 1. The molecular formula is C24H30BrN. The van der Waals surface area contributed by atoms with Crippen molar-refractivity contribution in [1.29, 1.82) is 0 Å². The molecule has 0 spiro atoms. The Kier molecular flexibility index (Phi) is 4.21. The van der Waals surface area contributed by atoms with Crippen LogP contribution in [-0.4, -0.2) is 24.0 Å². The average molecular weight is 412 g/mol. The Morgan fingerprint density at radius 3 is 2.73 bits per heavy atom. The first-order chi connectivity index (χ1) is 12.7. The maximum absolute atomic E-state index is 3.88. The first-order valence-corrected chi connectivity index (χ1v) is 11.4. The van der Waals surface area contributed by atoms with Gasteiger partial charge in [0.2, 0.25) is 0 Å². The van der Waals surface area contributed by atoms with Gasteiger partial charge in [0.25, 0.3) is 0 Å². The molecule has 2 bridgehead atoms. The Hall–Kier alpha value is -0.860. The van der Waals surface area contributed by atoms with Crippen molar-refractivity contribution in [2.24, 2.45) is 5.92 Å². The number of piperidine rings is 1. The van der Waals surface area contributed by atoms with Gasteiger partial charge in [-0.3, -0.25) is 4.90 Å². The van der Waals surface area contributed by atoms with Gasteiger partial charge in [-0.2, -0.15) is 0 Å². The molecule has 26 heavy (non-hydrogen) atoms. The van der Waals surface area contributed by atoms with Gasteiger partial charge in [0.15, 0.2) is 0 Å². The molecule has 1 aliphatic heterocycles. The van der Waals surface area contributed by atoms with Crippen LogP contribution in [0.3, 0.4) is 0 Å². The molecule has 5 rings (SSSR count). The van der Waals surface area contributed by atoms with Crippen molar-refractivity contribution in [3.8, 4) is 0 Å². The highest BCUT2D eigenvalue weighted by Crippen LogP contribution is 2.56. The SMILES string of the molecule is CCC1=CC=C2C3Cc4ccc(Br)c(CC)c4C2(CCN3CC2CC2)C1. The van der Waals surface area contributed by atoms with Crippen LogP contribution in [0.5, 0.6) is 0 Å². The normalized spacial score (nSPS) is 30.3. The van der Waals surface area contributed by atoms with Crippen molar-refractivity contribution in [2.75, 3.05) is 13.1 Å². The number of halogens is 1. The molecule has 2 unspecified atom stereocenters. The standard InChI is InChI=1S/C24H30BrN/c1-3-16-7-9-20-22-13-18-8-10-21(25)19(4-2)23(18)24(20,14-16)11-12-26(22)15-17-5-6-17/h7-10,17,22H,3-6,11-15H2,1-2H3. The summed E-state index contributed by atoms with van der Waals surface area (Å²) >= 11 is 3.88. The van der Waals surface area contributed by atoms with Crippen LogP contribution in [0.15, 0.2) is 39.9 Å². The fraction of sp³-hybridized carbons (Fsp3) is 0.583. The first-order valence-electron chi connectivity index (χ1n) is 10.6. The molecular weight excluding hydrogens is 382 g/mol. The number of nitrogens with zero attached hydrogens (tertiary/aromatic N) is 1. The van der Waals surface area contributed by atoms with Gasteiger partial charge < -0.3 is 0 Å². The fourth-order valence-corrected chi connectivity index (χ4v) is 6.56. The molecule has 1 aromatic rings. The molecule has 4 aliphatic rings. The fourth-order valence-electron chi connectivity index (χ4n) is 5.95. The highest BCUT2D eigenvalue weighted by Gasteiger charge is 2.51. The molecule has 1 saturated heterocycles. The lowest BCUT2D eigenvalue weighted by molar-refractivity contribution is 0.129. The van der Waals surface area contributed by atoms with Crippen molar-refractivity contribution in [3.05, 3.63) is 56.6 Å². The van der Waals surface area contributed by atoms with Gasteiger partial charge in [-0.05, 0) is 85.7 Å². The van der Waals surface area contributed by atoms with Crippen LogP contribution in [0.25, 0.3) is 0 Å². The summed E-state index contributed by atoms with van der Waals surface area (Å²) in [6.07, 6.45) is 14.0. The number of hydrogen-bond donors (Lipinski definition) is 0. The molecule has 2 atom stereocenters. The summed E-state index contributed by atoms with van der Waals surface area (Å²) in [4.78, 5) is 2.84. The van der Waals surface area contributed by atoms with E-state index in [9.17, 15) is 0 Å². The summed E-state index contributed by atoms with van der Waals surface area (Å²) in [5, 5.41) is 0. The van der Waals surface area contributed by atoms with Crippen molar-refractivity contribution in [3.63, 3.8) is 0 Å². The van der Waals surface area contributed by atoms with Crippen LogP contribution >= 0.6 is 15.9 Å². The third-order valence-electron chi connectivity index (χ3n) is 7.44. The number of benzene rings is 1. The number of likely N-dealkylation sites (tertiary alicyclic amines) is 1. The number of fused-ring (bicyclic) bond motifs is 1. The quantitative estimate of drug-likeness (QED) is 0.590. The van der Waals surface area contributed by atoms with Crippen LogP contribution < -0.4 is 0 Å². The van der Waals surface area contributed by atoms with Gasteiger partial charge in [0.05, 0.1) is 0 Å². The van der Waals surface area contributed by atoms with Crippen LogP contribution in [0, 0.1) is 5.92 Å². The van der Waals surface area contributed by atoms with Crippen LogP contribution in [0.2, 0.25) is 0 Å². The monoisotopic (exact) mass is 411 g/mol. The largest absolute Gasteiger partial charge is 0.296 e. The minimum Gasteiger partial charge on any atom is -0.296 e. The molecule has 0 amide bonds. The molecule has 138 valence electrons. The Bertz CT molecular complexity index is 801. The average Bonchev–Trinajstić information content (AvgIpc) is 3.48. The third-order valence-corrected chi connectivity index (χ3v) is 8.18. The molecule has 0 radical (unpaired) electrons. The zero-order valence-corrected chi connectivity index (χ0v) is 17.7. The lowest BCUT2D eigenvalue weighted by Gasteiger charge is -2.55. The van der Waals surface area contributed by atoms with Crippen molar-refractivity contribution < 1.29 is 0 Å². The highest BCUT2D eigenvalue weighted by molar-refractivity contribution is 9.10. The Labute approximate surface area is 166 Å². The Morgan fingerprint density at radius 2 is 2.00 bits per heavy atom. The van der Waals surface area contributed by atoms with E-state index in [0.29, 0.717) is 6.04 Å². The summed E-state index contributed by atoms with van der Waals surface area (Å²) < 4.78 is 1.32. The van der Waals surface area contributed by atoms with Gasteiger partial charge >= 0.3 is 0 Å². The lowest BCUT2D eigenvalue weighted by Crippen LogP contribution is -2.56. The zero-order chi connectivity index (χ0) is 17.9. The topological polar surface area (TPSA) is 3.24 Å². The first kappa shape index (κ1) is 17.3. The summed E-state index contributed by atoms with van der Waals surface area (Å²) in [6.45, 7) is 7.26. The molecule has 1 aromatic carbocycles. The van der Waals surface area contributed by atoms with Crippen LogP contribution in [-0.2, 0) is 18.3 Å². The van der Waals surface area contributed by atoms with E-state index in [2.05, 4.69) is 59.0 Å².